The van der Waals surface area contributed by atoms with Crippen LogP contribution >= 0.6 is 0 Å². The van der Waals surface area contributed by atoms with Gasteiger partial charge in [-0.1, -0.05) is 29.8 Å². The Balaban J connectivity index is 1.64. The van der Waals surface area contributed by atoms with Crippen molar-refractivity contribution in [1.29, 1.82) is 0 Å². The summed E-state index contributed by atoms with van der Waals surface area (Å²) < 4.78 is 35.2. The van der Waals surface area contributed by atoms with Crippen LogP contribution in [0.1, 0.15) is 35.6 Å². The summed E-state index contributed by atoms with van der Waals surface area (Å²) in [7, 11) is -1.52. The number of nitrogens with one attached hydrogen (secondary N) is 1. The molecule has 0 saturated carbocycles. The fourth-order valence-corrected chi connectivity index (χ4v) is 4.48. The van der Waals surface area contributed by atoms with E-state index in [2.05, 4.69) is 9.82 Å². The van der Waals surface area contributed by atoms with Gasteiger partial charge in [-0.2, -0.15) is 5.10 Å². The summed E-state index contributed by atoms with van der Waals surface area (Å²) >= 11 is 0. The zero-order chi connectivity index (χ0) is 17.2. The van der Waals surface area contributed by atoms with E-state index >= 15 is 0 Å². The summed E-state index contributed by atoms with van der Waals surface area (Å²) in [5.74, 6) is 0.00357. The van der Waals surface area contributed by atoms with Crippen LogP contribution < -0.4 is 4.72 Å². The first kappa shape index (κ1) is 17.1. The molecule has 1 aliphatic heterocycles. The molecule has 0 unspecified atom stereocenters. The molecule has 1 aromatic heterocycles. The monoisotopic (exact) mass is 349 g/mol. The van der Waals surface area contributed by atoms with Gasteiger partial charge >= 0.3 is 0 Å². The van der Waals surface area contributed by atoms with Gasteiger partial charge in [-0.15, -0.1) is 0 Å². The van der Waals surface area contributed by atoms with Gasteiger partial charge in [0.25, 0.3) is 0 Å². The van der Waals surface area contributed by atoms with Crippen molar-refractivity contribution in [2.75, 3.05) is 6.61 Å². The minimum absolute atomic E-state index is 0.00357. The predicted octanol–water partition coefficient (Wildman–Crippen LogP) is 2.07. The van der Waals surface area contributed by atoms with Crippen molar-refractivity contribution in [3.8, 4) is 0 Å². The van der Waals surface area contributed by atoms with E-state index in [1.807, 2.05) is 44.4 Å². The highest BCUT2D eigenvalue weighted by atomic mass is 32.2. The van der Waals surface area contributed by atoms with E-state index < -0.39 is 10.0 Å². The second-order valence-corrected chi connectivity index (χ2v) is 8.15. The lowest BCUT2D eigenvalue weighted by Gasteiger charge is -2.29. The smallest absolute Gasteiger partial charge is 0.216 e. The van der Waals surface area contributed by atoms with Crippen molar-refractivity contribution in [3.05, 3.63) is 53.3 Å². The fraction of sp³-hybridized carbons (Fsp3) is 0.471. The molecule has 1 saturated heterocycles. The summed E-state index contributed by atoms with van der Waals surface area (Å²) in [6.45, 7) is 2.50. The SMILES string of the molecule is Cc1cccc(CS(=O)(=O)N[C@H]2CCO[C@@H](c3cnn(C)c3)C2)c1. The molecule has 0 amide bonds. The van der Waals surface area contributed by atoms with Crippen molar-refractivity contribution >= 4 is 10.0 Å². The maximum atomic E-state index is 12.5. The normalized spacial score (nSPS) is 21.8. The molecule has 6 nitrogen and oxygen atoms in total. The van der Waals surface area contributed by atoms with Gasteiger partial charge in [-0.3, -0.25) is 4.68 Å². The lowest BCUT2D eigenvalue weighted by Crippen LogP contribution is -2.40. The summed E-state index contributed by atoms with van der Waals surface area (Å²) in [5, 5.41) is 4.15. The van der Waals surface area contributed by atoms with Crippen LogP contribution in [0.5, 0.6) is 0 Å². The second-order valence-electron chi connectivity index (χ2n) is 6.39. The molecule has 0 spiro atoms. The number of aromatic nitrogens is 2. The number of ether oxygens (including phenoxy) is 1. The summed E-state index contributed by atoms with van der Waals surface area (Å²) in [5.41, 5.74) is 2.85. The molecule has 1 N–H and O–H groups in total. The van der Waals surface area contributed by atoms with Gasteiger partial charge in [-0.05, 0) is 25.3 Å². The van der Waals surface area contributed by atoms with Crippen LogP contribution in [0.4, 0.5) is 0 Å². The van der Waals surface area contributed by atoms with E-state index in [9.17, 15) is 8.42 Å². The Morgan fingerprint density at radius 2 is 2.25 bits per heavy atom. The third-order valence-corrected chi connectivity index (χ3v) is 5.57. The Kier molecular flexibility index (Phi) is 5.03. The van der Waals surface area contributed by atoms with Gasteiger partial charge in [0.1, 0.15) is 0 Å². The predicted molar refractivity (Wildman–Crippen MR) is 91.9 cm³/mol. The first-order valence-electron chi connectivity index (χ1n) is 8.07. The summed E-state index contributed by atoms with van der Waals surface area (Å²) in [6.07, 6.45) is 4.88. The van der Waals surface area contributed by atoms with E-state index in [-0.39, 0.29) is 17.9 Å². The van der Waals surface area contributed by atoms with Gasteiger partial charge < -0.3 is 4.74 Å². The van der Waals surface area contributed by atoms with E-state index in [1.165, 1.54) is 0 Å². The van der Waals surface area contributed by atoms with Crippen LogP contribution in [0, 0.1) is 6.92 Å². The molecule has 24 heavy (non-hydrogen) atoms. The van der Waals surface area contributed by atoms with E-state index in [4.69, 9.17) is 4.74 Å². The Bertz CT molecular complexity index is 801. The first-order chi connectivity index (χ1) is 11.4. The van der Waals surface area contributed by atoms with Crippen LogP contribution in [-0.2, 0) is 27.6 Å². The molecule has 1 aliphatic rings. The highest BCUT2D eigenvalue weighted by Crippen LogP contribution is 2.28. The zero-order valence-electron chi connectivity index (χ0n) is 14.0. The van der Waals surface area contributed by atoms with E-state index in [0.717, 1.165) is 16.7 Å². The van der Waals surface area contributed by atoms with Crippen molar-refractivity contribution in [1.82, 2.24) is 14.5 Å². The molecule has 0 aliphatic carbocycles. The summed E-state index contributed by atoms with van der Waals surface area (Å²) in [4.78, 5) is 0. The Hall–Kier alpha value is -1.70. The minimum Gasteiger partial charge on any atom is -0.373 e. The number of rotatable bonds is 5. The quantitative estimate of drug-likeness (QED) is 0.897. The molecule has 0 bridgehead atoms. The highest BCUT2D eigenvalue weighted by Gasteiger charge is 2.28. The molecule has 2 aromatic rings. The number of aryl methyl sites for hydroxylation is 2. The van der Waals surface area contributed by atoms with Crippen LogP contribution in [-0.4, -0.2) is 30.8 Å². The third-order valence-electron chi connectivity index (χ3n) is 4.17. The van der Waals surface area contributed by atoms with Crippen LogP contribution in [0.25, 0.3) is 0 Å². The molecule has 3 rings (SSSR count). The molecule has 2 atom stereocenters. The van der Waals surface area contributed by atoms with Crippen molar-refractivity contribution < 1.29 is 13.2 Å². The van der Waals surface area contributed by atoms with Gasteiger partial charge in [0, 0.05) is 31.5 Å². The molecule has 2 heterocycles. The number of benzene rings is 1. The van der Waals surface area contributed by atoms with Gasteiger partial charge in [-0.25, -0.2) is 13.1 Å². The topological polar surface area (TPSA) is 73.2 Å². The highest BCUT2D eigenvalue weighted by molar-refractivity contribution is 7.88. The lowest BCUT2D eigenvalue weighted by molar-refractivity contribution is 0.00400. The number of hydrogen-bond donors (Lipinski definition) is 1. The average Bonchev–Trinajstić information content (AvgIpc) is 2.93. The molecular formula is C17H23N3O3S. The van der Waals surface area contributed by atoms with Crippen LogP contribution in [0.2, 0.25) is 0 Å². The Morgan fingerprint density at radius 3 is 2.96 bits per heavy atom. The van der Waals surface area contributed by atoms with E-state index in [1.54, 1.807) is 10.9 Å². The van der Waals surface area contributed by atoms with Crippen molar-refractivity contribution in [2.45, 2.75) is 37.7 Å². The molecule has 130 valence electrons. The Morgan fingerprint density at radius 1 is 1.42 bits per heavy atom. The standard InChI is InChI=1S/C17H23N3O3S/c1-13-4-3-5-14(8-13)12-24(21,22)19-16-6-7-23-17(9-16)15-10-18-20(2)11-15/h3-5,8,10-11,16-17,19H,6-7,9,12H2,1-2H3/t16-,17+/m0/s1. The van der Waals surface area contributed by atoms with Crippen LogP contribution in [0.15, 0.2) is 36.7 Å². The first-order valence-corrected chi connectivity index (χ1v) is 9.72. The Labute approximate surface area is 142 Å². The number of sulfonamides is 1. The lowest BCUT2D eigenvalue weighted by atomic mass is 10.0. The van der Waals surface area contributed by atoms with Gasteiger partial charge in [0.05, 0.1) is 18.1 Å². The third kappa shape index (κ3) is 4.43. The average molecular weight is 349 g/mol. The molecule has 7 heteroatoms. The maximum absolute atomic E-state index is 12.5. The number of nitrogens with zero attached hydrogens (tertiary/aromatic N) is 2. The minimum atomic E-state index is -3.38. The second kappa shape index (κ2) is 7.04. The van der Waals surface area contributed by atoms with Crippen molar-refractivity contribution in [2.24, 2.45) is 7.05 Å². The number of hydrogen-bond acceptors (Lipinski definition) is 4. The molecular weight excluding hydrogens is 326 g/mol. The van der Waals surface area contributed by atoms with Crippen LogP contribution in [0.3, 0.4) is 0 Å². The zero-order valence-corrected chi connectivity index (χ0v) is 14.8. The summed E-state index contributed by atoms with van der Waals surface area (Å²) in [6, 6.07) is 7.47. The van der Waals surface area contributed by atoms with Gasteiger partial charge in [0.2, 0.25) is 10.0 Å². The maximum Gasteiger partial charge on any atom is 0.216 e. The molecule has 1 fully saturated rings. The van der Waals surface area contributed by atoms with Gasteiger partial charge in [0.15, 0.2) is 0 Å². The molecule has 1 aromatic carbocycles. The molecule has 0 radical (unpaired) electrons. The fourth-order valence-electron chi connectivity index (χ4n) is 3.06. The largest absolute Gasteiger partial charge is 0.373 e. The van der Waals surface area contributed by atoms with E-state index in [0.29, 0.717) is 19.4 Å². The van der Waals surface area contributed by atoms with Crippen molar-refractivity contribution in [3.63, 3.8) is 0 Å².